The minimum Gasteiger partial charge on any atom is -0.371 e. The first-order valence-electron chi connectivity index (χ1n) is 7.25. The van der Waals surface area contributed by atoms with Crippen LogP contribution in [0.25, 0.3) is 0 Å². The Morgan fingerprint density at radius 3 is 2.32 bits per heavy atom. The molecule has 0 unspecified atom stereocenters. The number of anilines is 1. The van der Waals surface area contributed by atoms with Crippen molar-refractivity contribution in [3.63, 3.8) is 0 Å². The van der Waals surface area contributed by atoms with E-state index in [0.717, 1.165) is 25.1 Å². The van der Waals surface area contributed by atoms with Gasteiger partial charge in [0.2, 0.25) is 0 Å². The number of likely N-dealkylation sites (N-methyl/N-ethyl adjacent to an activating group) is 1. The Morgan fingerprint density at radius 2 is 1.77 bits per heavy atom. The normalized spacial score (nSPS) is 11.4. The second-order valence-electron chi connectivity index (χ2n) is 5.25. The smallest absolute Gasteiger partial charge is 0.332 e. The van der Waals surface area contributed by atoms with Crippen molar-refractivity contribution in [2.75, 3.05) is 18.0 Å². The van der Waals surface area contributed by atoms with Gasteiger partial charge in [-0.3, -0.25) is 0 Å². The zero-order valence-electron chi connectivity index (χ0n) is 12.8. The molecule has 0 bridgehead atoms. The van der Waals surface area contributed by atoms with Gasteiger partial charge in [0.25, 0.3) is 0 Å². The lowest BCUT2D eigenvalue weighted by molar-refractivity contribution is 0.552. The van der Waals surface area contributed by atoms with Crippen LogP contribution in [0.15, 0.2) is 53.4 Å². The first-order valence-corrected chi connectivity index (χ1v) is 8.63. The van der Waals surface area contributed by atoms with E-state index in [1.807, 2.05) is 6.07 Å². The predicted octanol–water partition coefficient (Wildman–Crippen LogP) is 3.72. The number of aryl methyl sites for hydroxylation is 1. The van der Waals surface area contributed by atoms with Gasteiger partial charge in [-0.2, -0.15) is 8.42 Å². The summed E-state index contributed by atoms with van der Waals surface area (Å²) < 4.78 is 34.4. The second-order valence-corrected chi connectivity index (χ2v) is 6.60. The van der Waals surface area contributed by atoms with Crippen molar-refractivity contribution < 1.29 is 12.3 Å². The molecule has 0 aliphatic carbocycles. The van der Waals surface area contributed by atoms with Gasteiger partial charge in [-0.25, -0.2) is 0 Å². The molecule has 2 aromatic rings. The van der Waals surface area contributed by atoms with Crippen LogP contribution >= 0.6 is 0 Å². The standard InChI is InChI=1S/C17H20FNO2S/c1-3-19(16-6-4-5-14(2)13-16)12-11-15-7-9-17(10-8-15)22(18,20)21/h4-10,13H,3,11-12H2,1-2H3. The van der Waals surface area contributed by atoms with Crippen LogP contribution in [-0.2, 0) is 16.6 Å². The predicted molar refractivity (Wildman–Crippen MR) is 87.5 cm³/mol. The summed E-state index contributed by atoms with van der Waals surface area (Å²) in [5, 5.41) is 0. The highest BCUT2D eigenvalue weighted by molar-refractivity contribution is 7.86. The molecule has 0 aromatic heterocycles. The molecular formula is C17H20FNO2S. The number of hydrogen-bond donors (Lipinski definition) is 0. The molecule has 0 aliphatic rings. The molecule has 0 N–H and O–H groups in total. The Bertz CT molecular complexity index is 727. The minimum atomic E-state index is -4.61. The molecule has 0 radical (unpaired) electrons. The monoisotopic (exact) mass is 321 g/mol. The third-order valence-electron chi connectivity index (χ3n) is 3.62. The van der Waals surface area contributed by atoms with Gasteiger partial charge in [0, 0.05) is 18.8 Å². The van der Waals surface area contributed by atoms with Crippen LogP contribution < -0.4 is 4.90 Å². The number of halogens is 1. The summed E-state index contributed by atoms with van der Waals surface area (Å²) in [7, 11) is -4.61. The molecule has 118 valence electrons. The third-order valence-corrected chi connectivity index (χ3v) is 4.46. The number of hydrogen-bond acceptors (Lipinski definition) is 3. The van der Waals surface area contributed by atoms with Crippen LogP contribution in [-0.4, -0.2) is 21.5 Å². The largest absolute Gasteiger partial charge is 0.371 e. The number of nitrogens with zero attached hydrogens (tertiary/aromatic N) is 1. The van der Waals surface area contributed by atoms with Gasteiger partial charge in [0.1, 0.15) is 0 Å². The Kier molecular flexibility index (Phi) is 5.19. The van der Waals surface area contributed by atoms with Crippen LogP contribution in [0.4, 0.5) is 9.57 Å². The van der Waals surface area contributed by atoms with Crippen molar-refractivity contribution in [1.29, 1.82) is 0 Å². The molecule has 5 heteroatoms. The highest BCUT2D eigenvalue weighted by Crippen LogP contribution is 2.17. The lowest BCUT2D eigenvalue weighted by Gasteiger charge is -2.23. The summed E-state index contributed by atoms with van der Waals surface area (Å²) in [6, 6.07) is 14.3. The average Bonchev–Trinajstić information content (AvgIpc) is 2.47. The first-order chi connectivity index (χ1) is 10.4. The van der Waals surface area contributed by atoms with E-state index in [0.29, 0.717) is 0 Å². The Morgan fingerprint density at radius 1 is 1.09 bits per heavy atom. The summed E-state index contributed by atoms with van der Waals surface area (Å²) >= 11 is 0. The van der Waals surface area contributed by atoms with Crippen molar-refractivity contribution in [1.82, 2.24) is 0 Å². The van der Waals surface area contributed by atoms with Gasteiger partial charge in [-0.15, -0.1) is 3.89 Å². The van der Waals surface area contributed by atoms with Crippen LogP contribution in [0, 0.1) is 6.92 Å². The second kappa shape index (κ2) is 6.92. The van der Waals surface area contributed by atoms with Crippen LogP contribution in [0.5, 0.6) is 0 Å². The van der Waals surface area contributed by atoms with Gasteiger partial charge in [-0.1, -0.05) is 24.3 Å². The van der Waals surface area contributed by atoms with Crippen LogP contribution in [0.2, 0.25) is 0 Å². The molecule has 0 heterocycles. The maximum atomic E-state index is 12.8. The van der Waals surface area contributed by atoms with E-state index in [9.17, 15) is 12.3 Å². The molecule has 3 nitrogen and oxygen atoms in total. The van der Waals surface area contributed by atoms with Crippen molar-refractivity contribution in [2.45, 2.75) is 25.2 Å². The summed E-state index contributed by atoms with van der Waals surface area (Å²) in [5.74, 6) is 0. The van der Waals surface area contributed by atoms with E-state index in [1.165, 1.54) is 23.4 Å². The van der Waals surface area contributed by atoms with Gasteiger partial charge in [0.15, 0.2) is 0 Å². The van der Waals surface area contributed by atoms with E-state index in [4.69, 9.17) is 0 Å². The van der Waals surface area contributed by atoms with Gasteiger partial charge >= 0.3 is 10.2 Å². The molecule has 2 rings (SSSR count). The fourth-order valence-corrected chi connectivity index (χ4v) is 2.84. The summed E-state index contributed by atoms with van der Waals surface area (Å²) in [6.07, 6.45) is 0.772. The summed E-state index contributed by atoms with van der Waals surface area (Å²) in [6.45, 7) is 5.87. The molecule has 0 saturated heterocycles. The zero-order valence-corrected chi connectivity index (χ0v) is 13.6. The average molecular weight is 321 g/mol. The van der Waals surface area contributed by atoms with E-state index in [1.54, 1.807) is 12.1 Å². The topological polar surface area (TPSA) is 37.4 Å². The van der Waals surface area contributed by atoms with Gasteiger partial charge < -0.3 is 4.90 Å². The third kappa shape index (κ3) is 4.31. The Balaban J connectivity index is 2.05. The van der Waals surface area contributed by atoms with E-state index in [2.05, 4.69) is 36.9 Å². The Hall–Kier alpha value is -1.88. The number of rotatable bonds is 6. The highest BCUT2D eigenvalue weighted by atomic mass is 32.3. The maximum Gasteiger partial charge on any atom is 0.332 e. The molecule has 2 aromatic carbocycles. The highest BCUT2D eigenvalue weighted by Gasteiger charge is 2.11. The lowest BCUT2D eigenvalue weighted by atomic mass is 10.1. The molecule has 0 amide bonds. The number of benzene rings is 2. The summed E-state index contributed by atoms with van der Waals surface area (Å²) in [4.78, 5) is 1.97. The molecule has 0 aliphatic heterocycles. The van der Waals surface area contributed by atoms with Crippen molar-refractivity contribution in [3.05, 3.63) is 59.7 Å². The first kappa shape index (κ1) is 16.5. The fraction of sp³-hybridized carbons (Fsp3) is 0.294. The van der Waals surface area contributed by atoms with E-state index >= 15 is 0 Å². The zero-order chi connectivity index (χ0) is 16.2. The fourth-order valence-electron chi connectivity index (χ4n) is 2.38. The van der Waals surface area contributed by atoms with Crippen LogP contribution in [0.1, 0.15) is 18.1 Å². The quantitative estimate of drug-likeness (QED) is 0.761. The molecule has 0 fully saturated rings. The van der Waals surface area contributed by atoms with E-state index < -0.39 is 10.2 Å². The molecular weight excluding hydrogens is 301 g/mol. The van der Waals surface area contributed by atoms with Gasteiger partial charge in [-0.05, 0) is 55.7 Å². The van der Waals surface area contributed by atoms with Crippen molar-refractivity contribution in [2.24, 2.45) is 0 Å². The van der Waals surface area contributed by atoms with Gasteiger partial charge in [0.05, 0.1) is 4.90 Å². The lowest BCUT2D eigenvalue weighted by Crippen LogP contribution is -2.25. The molecule has 0 saturated carbocycles. The van der Waals surface area contributed by atoms with Crippen molar-refractivity contribution >= 4 is 15.9 Å². The summed E-state index contributed by atoms with van der Waals surface area (Å²) in [5.41, 5.74) is 3.37. The van der Waals surface area contributed by atoms with E-state index in [-0.39, 0.29) is 4.90 Å². The Labute approximate surface area is 131 Å². The molecule has 0 atom stereocenters. The van der Waals surface area contributed by atoms with Crippen LogP contribution in [0.3, 0.4) is 0 Å². The maximum absolute atomic E-state index is 12.8. The minimum absolute atomic E-state index is 0.290. The molecule has 22 heavy (non-hydrogen) atoms. The van der Waals surface area contributed by atoms with Crippen molar-refractivity contribution in [3.8, 4) is 0 Å². The SMILES string of the molecule is CCN(CCc1ccc(S(=O)(=O)F)cc1)c1cccc(C)c1. The molecule has 0 spiro atoms.